The van der Waals surface area contributed by atoms with Crippen LogP contribution < -0.4 is 15.2 Å². The molecule has 27 heavy (non-hydrogen) atoms. The van der Waals surface area contributed by atoms with Gasteiger partial charge in [-0.1, -0.05) is 29.8 Å². The van der Waals surface area contributed by atoms with Gasteiger partial charge in [-0.2, -0.15) is 0 Å². The number of carbonyl (C=O) groups excluding carboxylic acids is 2. The molecule has 6 nitrogen and oxygen atoms in total. The fourth-order valence-corrected chi connectivity index (χ4v) is 3.27. The Bertz CT molecular complexity index is 955. The molecule has 0 aliphatic carbocycles. The highest BCUT2D eigenvalue weighted by Gasteiger charge is 2.24. The van der Waals surface area contributed by atoms with Crippen LogP contribution in [-0.2, 0) is 9.59 Å². The molecule has 1 heterocycles. The Labute approximate surface area is 164 Å². The van der Waals surface area contributed by atoms with Gasteiger partial charge in [0.2, 0.25) is 0 Å². The van der Waals surface area contributed by atoms with E-state index in [4.69, 9.17) is 16.3 Å². The molecular formula is C19H14ClN2O4S-. The predicted octanol–water partition coefficient (Wildman–Crippen LogP) is 2.67. The first kappa shape index (κ1) is 19.0. The van der Waals surface area contributed by atoms with Crippen molar-refractivity contribution in [2.24, 2.45) is 4.99 Å². The second-order valence-corrected chi connectivity index (χ2v) is 7.03. The van der Waals surface area contributed by atoms with Gasteiger partial charge in [-0.3, -0.25) is 4.79 Å². The van der Waals surface area contributed by atoms with Crippen LogP contribution >= 0.6 is 23.4 Å². The van der Waals surface area contributed by atoms with E-state index in [-0.39, 0.29) is 5.91 Å². The van der Waals surface area contributed by atoms with Crippen molar-refractivity contribution in [2.45, 2.75) is 6.92 Å². The van der Waals surface area contributed by atoms with Gasteiger partial charge in [0, 0.05) is 5.02 Å². The van der Waals surface area contributed by atoms with Crippen LogP contribution in [0, 0.1) is 6.92 Å². The first-order chi connectivity index (χ1) is 12.9. The highest BCUT2D eigenvalue weighted by molar-refractivity contribution is 8.18. The molecule has 1 N–H and O–H groups in total. The number of rotatable bonds is 5. The molecule has 2 aromatic rings. The molecule has 1 aliphatic heterocycles. The van der Waals surface area contributed by atoms with E-state index in [0.717, 1.165) is 11.1 Å². The van der Waals surface area contributed by atoms with Crippen LogP contribution in [0.25, 0.3) is 6.08 Å². The van der Waals surface area contributed by atoms with Gasteiger partial charge in [0.25, 0.3) is 5.91 Å². The number of hydrogen-bond acceptors (Lipinski definition) is 6. The molecule has 0 bridgehead atoms. The van der Waals surface area contributed by atoms with Gasteiger partial charge in [0.05, 0.1) is 16.6 Å². The lowest BCUT2D eigenvalue weighted by Crippen LogP contribution is -2.28. The summed E-state index contributed by atoms with van der Waals surface area (Å²) in [5.74, 6) is -1.12. The zero-order chi connectivity index (χ0) is 19.4. The highest BCUT2D eigenvalue weighted by atomic mass is 35.5. The molecule has 8 heteroatoms. The van der Waals surface area contributed by atoms with Gasteiger partial charge in [-0.15, -0.1) is 0 Å². The summed E-state index contributed by atoms with van der Waals surface area (Å²) < 4.78 is 5.02. The smallest absolute Gasteiger partial charge is 0.264 e. The van der Waals surface area contributed by atoms with E-state index in [1.807, 2.05) is 13.0 Å². The number of hydrogen-bond donors (Lipinski definition) is 1. The molecule has 1 aliphatic rings. The maximum Gasteiger partial charge on any atom is 0.264 e. The number of benzene rings is 2. The number of halogens is 1. The van der Waals surface area contributed by atoms with Gasteiger partial charge < -0.3 is 20.0 Å². The van der Waals surface area contributed by atoms with E-state index in [1.165, 1.54) is 11.8 Å². The molecule has 0 saturated carbocycles. The fraction of sp³-hybridized carbons (Fsp3) is 0.105. The second kappa shape index (κ2) is 8.28. The molecule has 3 rings (SSSR count). The van der Waals surface area contributed by atoms with Gasteiger partial charge in [0.1, 0.15) is 12.4 Å². The first-order valence-corrected chi connectivity index (χ1v) is 9.09. The van der Waals surface area contributed by atoms with Crippen LogP contribution in [0.4, 0.5) is 5.69 Å². The lowest BCUT2D eigenvalue weighted by molar-refractivity contribution is -0.307. The maximum atomic E-state index is 12.2. The Morgan fingerprint density at radius 2 is 2.04 bits per heavy atom. The lowest BCUT2D eigenvalue weighted by Gasteiger charge is -2.06. The van der Waals surface area contributed by atoms with E-state index in [2.05, 4.69) is 10.3 Å². The molecule has 2 aromatic carbocycles. The van der Waals surface area contributed by atoms with Crippen molar-refractivity contribution in [3.63, 3.8) is 0 Å². The molecule has 0 spiro atoms. The zero-order valence-electron chi connectivity index (χ0n) is 14.2. The zero-order valence-corrected chi connectivity index (χ0v) is 15.8. The average molecular weight is 402 g/mol. The number of nitrogens with zero attached hydrogens (tertiary/aromatic N) is 1. The van der Waals surface area contributed by atoms with Crippen LogP contribution in [-0.4, -0.2) is 23.7 Å². The van der Waals surface area contributed by atoms with Crippen molar-refractivity contribution < 1.29 is 19.4 Å². The Morgan fingerprint density at radius 1 is 1.30 bits per heavy atom. The Kier molecular flexibility index (Phi) is 5.83. The quantitative estimate of drug-likeness (QED) is 0.778. The lowest BCUT2D eigenvalue weighted by atomic mass is 10.2. The second-order valence-electron chi connectivity index (χ2n) is 5.60. The molecule has 0 unspecified atom stereocenters. The number of carboxylic acid groups (broad SMARTS) is 1. The number of thioether (sulfide) groups is 1. The average Bonchev–Trinajstić information content (AvgIpc) is 2.97. The van der Waals surface area contributed by atoms with E-state index in [9.17, 15) is 14.7 Å². The number of aliphatic imine (C=N–C) groups is 1. The van der Waals surface area contributed by atoms with Crippen molar-refractivity contribution in [2.75, 3.05) is 6.61 Å². The summed E-state index contributed by atoms with van der Waals surface area (Å²) in [4.78, 5) is 27.5. The number of aliphatic carboxylic acids is 1. The number of nitrogens with one attached hydrogen (secondary N) is 1. The topological polar surface area (TPSA) is 90.8 Å². The normalized spacial score (nSPS) is 16.6. The van der Waals surface area contributed by atoms with Crippen LogP contribution in [0.3, 0.4) is 0 Å². The van der Waals surface area contributed by atoms with Gasteiger partial charge in [-0.25, -0.2) is 4.99 Å². The summed E-state index contributed by atoms with van der Waals surface area (Å²) in [6, 6.07) is 12.1. The summed E-state index contributed by atoms with van der Waals surface area (Å²) in [6.45, 7) is 1.35. The Balaban J connectivity index is 1.74. The minimum absolute atomic E-state index is 0.240. The van der Waals surface area contributed by atoms with Crippen molar-refractivity contribution >= 4 is 52.2 Å². The number of amidine groups is 1. The molecule has 1 saturated heterocycles. The third-order valence-corrected chi connectivity index (χ3v) is 4.97. The summed E-state index contributed by atoms with van der Waals surface area (Å²) in [6.07, 6.45) is 1.72. The van der Waals surface area contributed by atoms with Crippen molar-refractivity contribution in [3.05, 3.63) is 63.5 Å². The summed E-state index contributed by atoms with van der Waals surface area (Å²) in [5, 5.41) is 14.2. The van der Waals surface area contributed by atoms with Crippen LogP contribution in [0.1, 0.15) is 11.1 Å². The molecular weight excluding hydrogens is 388 g/mol. The standard InChI is InChI=1S/C19H15ClN2O4S/c1-11-14(20)3-2-4-15(11)21-19-22-18(25)16(27-19)9-12-5-7-13(8-6-12)26-10-17(23)24/h2-9H,10H2,1H3,(H,23,24)(H,21,22,25)/p-1/b16-9-. The van der Waals surface area contributed by atoms with Crippen molar-refractivity contribution in [3.8, 4) is 5.75 Å². The fourth-order valence-electron chi connectivity index (χ4n) is 2.26. The molecule has 0 aromatic heterocycles. The molecule has 1 fully saturated rings. The summed E-state index contributed by atoms with van der Waals surface area (Å²) in [7, 11) is 0. The SMILES string of the molecule is Cc1c(Cl)cccc1N=C1NC(=O)/C(=C/c2ccc(OCC(=O)[O-])cc2)S1. The van der Waals surface area contributed by atoms with E-state index in [0.29, 0.717) is 26.5 Å². The number of carbonyl (C=O) groups is 2. The van der Waals surface area contributed by atoms with Gasteiger partial charge >= 0.3 is 0 Å². The third-order valence-electron chi connectivity index (χ3n) is 3.65. The summed E-state index contributed by atoms with van der Waals surface area (Å²) in [5.41, 5.74) is 2.31. The third kappa shape index (κ3) is 4.90. The van der Waals surface area contributed by atoms with Gasteiger partial charge in [0.15, 0.2) is 5.17 Å². The number of carboxylic acids is 1. The molecule has 1 amide bonds. The number of amides is 1. The predicted molar refractivity (Wildman–Crippen MR) is 104 cm³/mol. The van der Waals surface area contributed by atoms with Crippen LogP contribution in [0.15, 0.2) is 52.4 Å². The van der Waals surface area contributed by atoms with E-state index in [1.54, 1.807) is 42.5 Å². The maximum absolute atomic E-state index is 12.2. The Morgan fingerprint density at radius 3 is 2.74 bits per heavy atom. The van der Waals surface area contributed by atoms with Crippen LogP contribution in [0.2, 0.25) is 5.02 Å². The minimum Gasteiger partial charge on any atom is -0.546 e. The van der Waals surface area contributed by atoms with E-state index >= 15 is 0 Å². The summed E-state index contributed by atoms with van der Waals surface area (Å²) >= 11 is 7.33. The Hall–Kier alpha value is -2.77. The molecule has 138 valence electrons. The minimum atomic E-state index is -1.29. The van der Waals surface area contributed by atoms with Crippen molar-refractivity contribution in [1.82, 2.24) is 5.32 Å². The largest absolute Gasteiger partial charge is 0.546 e. The molecule has 0 radical (unpaired) electrons. The number of ether oxygens (including phenoxy) is 1. The first-order valence-electron chi connectivity index (χ1n) is 7.90. The molecule has 0 atom stereocenters. The van der Waals surface area contributed by atoms with E-state index < -0.39 is 12.6 Å². The van der Waals surface area contributed by atoms with Crippen molar-refractivity contribution in [1.29, 1.82) is 0 Å². The van der Waals surface area contributed by atoms with Gasteiger partial charge in [-0.05, 0) is 60.2 Å². The van der Waals surface area contributed by atoms with Crippen LogP contribution in [0.5, 0.6) is 5.75 Å². The monoisotopic (exact) mass is 401 g/mol. The highest BCUT2D eigenvalue weighted by Crippen LogP contribution is 2.31.